The van der Waals surface area contributed by atoms with Gasteiger partial charge in [-0.2, -0.15) is 5.10 Å². The van der Waals surface area contributed by atoms with E-state index in [4.69, 9.17) is 0 Å². The Morgan fingerprint density at radius 1 is 1.27 bits per heavy atom. The molecule has 0 bridgehead atoms. The number of likely N-dealkylation sites (N-methyl/N-ethyl adjacent to an activating group) is 1. The van der Waals surface area contributed by atoms with Gasteiger partial charge in [-0.05, 0) is 24.7 Å². The quantitative estimate of drug-likeness (QED) is 0.837. The van der Waals surface area contributed by atoms with Crippen LogP contribution < -0.4 is 10.7 Å². The Bertz CT molecular complexity index is 633. The number of carbonyl (C=O) groups is 1. The molecule has 1 unspecified atom stereocenters. The zero-order chi connectivity index (χ0) is 15.1. The van der Waals surface area contributed by atoms with Gasteiger partial charge in [0.1, 0.15) is 0 Å². The Kier molecular flexibility index (Phi) is 3.35. The summed E-state index contributed by atoms with van der Waals surface area (Å²) < 4.78 is 0. The number of hydrogen-bond donors (Lipinski definition) is 2. The van der Waals surface area contributed by atoms with E-state index >= 15 is 0 Å². The number of rotatable bonds is 2. The molecule has 1 aromatic rings. The van der Waals surface area contributed by atoms with E-state index in [1.807, 2.05) is 18.2 Å². The second-order valence-corrected chi connectivity index (χ2v) is 6.32. The third-order valence-corrected chi connectivity index (χ3v) is 4.88. The van der Waals surface area contributed by atoms with Crippen LogP contribution >= 0.6 is 0 Å². The Morgan fingerprint density at radius 2 is 2.09 bits per heavy atom. The lowest BCUT2D eigenvalue weighted by Gasteiger charge is -2.33. The molecule has 1 amide bonds. The number of hydrazone groups is 1. The third kappa shape index (κ3) is 2.28. The lowest BCUT2D eigenvalue weighted by Crippen LogP contribution is -2.47. The molecule has 116 valence electrons. The molecule has 3 aliphatic heterocycles. The zero-order valence-electron chi connectivity index (χ0n) is 12.8. The van der Waals surface area contributed by atoms with Gasteiger partial charge in [-0.15, -0.1) is 0 Å². The van der Waals surface area contributed by atoms with Crippen LogP contribution in [0.2, 0.25) is 0 Å². The van der Waals surface area contributed by atoms with E-state index in [1.165, 1.54) is 0 Å². The van der Waals surface area contributed by atoms with Crippen LogP contribution in [-0.4, -0.2) is 67.7 Å². The minimum atomic E-state index is -0.0982. The van der Waals surface area contributed by atoms with Crippen LogP contribution in [0.5, 0.6) is 0 Å². The molecule has 4 rings (SSSR count). The van der Waals surface area contributed by atoms with Gasteiger partial charge < -0.3 is 10.2 Å². The molecule has 2 N–H and O–H groups in total. The van der Waals surface area contributed by atoms with E-state index in [0.29, 0.717) is 0 Å². The van der Waals surface area contributed by atoms with Crippen LogP contribution in [0.3, 0.4) is 0 Å². The van der Waals surface area contributed by atoms with E-state index in [1.54, 1.807) is 0 Å². The summed E-state index contributed by atoms with van der Waals surface area (Å²) in [5, 5.41) is 7.86. The van der Waals surface area contributed by atoms with Gasteiger partial charge >= 0.3 is 0 Å². The summed E-state index contributed by atoms with van der Waals surface area (Å²) in [6.45, 7) is 5.94. The highest BCUT2D eigenvalue weighted by atomic mass is 16.2. The SMILES string of the molecule is CN1CCN(CC2=NNC(=O)c3cccc4c3C2CN4)CC1. The maximum absolute atomic E-state index is 12.2. The van der Waals surface area contributed by atoms with E-state index in [-0.39, 0.29) is 11.8 Å². The van der Waals surface area contributed by atoms with Crippen LogP contribution in [0.25, 0.3) is 0 Å². The summed E-state index contributed by atoms with van der Waals surface area (Å²) in [7, 11) is 2.16. The molecule has 1 aromatic carbocycles. The second kappa shape index (κ2) is 5.37. The molecule has 0 aliphatic carbocycles. The van der Waals surface area contributed by atoms with Crippen molar-refractivity contribution >= 4 is 17.3 Å². The average Bonchev–Trinajstić information content (AvgIpc) is 2.91. The molecule has 6 nitrogen and oxygen atoms in total. The van der Waals surface area contributed by atoms with Crippen molar-refractivity contribution in [3.8, 4) is 0 Å². The van der Waals surface area contributed by atoms with E-state index in [2.05, 4.69) is 32.7 Å². The maximum atomic E-state index is 12.2. The molecule has 6 heteroatoms. The number of carbonyl (C=O) groups excluding carboxylic acids is 1. The summed E-state index contributed by atoms with van der Waals surface area (Å²) in [6.07, 6.45) is 0. The van der Waals surface area contributed by atoms with Crippen LogP contribution in [0.1, 0.15) is 21.8 Å². The first-order valence-electron chi connectivity index (χ1n) is 7.87. The largest absolute Gasteiger partial charge is 0.384 e. The lowest BCUT2D eigenvalue weighted by atomic mass is 9.91. The van der Waals surface area contributed by atoms with Crippen LogP contribution in [0.15, 0.2) is 23.3 Å². The van der Waals surface area contributed by atoms with Crippen molar-refractivity contribution in [1.29, 1.82) is 0 Å². The summed E-state index contributed by atoms with van der Waals surface area (Å²) in [4.78, 5) is 17.0. The molecule has 3 aliphatic rings. The first kappa shape index (κ1) is 13.7. The monoisotopic (exact) mass is 299 g/mol. The first-order chi connectivity index (χ1) is 10.7. The summed E-state index contributed by atoms with van der Waals surface area (Å²) in [6, 6.07) is 5.86. The Hall–Kier alpha value is -1.92. The highest BCUT2D eigenvalue weighted by molar-refractivity contribution is 6.06. The van der Waals surface area contributed by atoms with E-state index in [9.17, 15) is 4.79 Å². The highest BCUT2D eigenvalue weighted by Crippen LogP contribution is 2.36. The standard InChI is InChI=1S/C16H21N5O/c1-20-5-7-21(8-6-20)10-14-12-9-17-13-4-2-3-11(15(12)13)16(22)19-18-14/h2-4,12,17H,5-10H2,1H3,(H,19,22). The number of nitrogens with one attached hydrogen (secondary N) is 2. The predicted molar refractivity (Wildman–Crippen MR) is 86.5 cm³/mol. The smallest absolute Gasteiger partial charge is 0.271 e. The summed E-state index contributed by atoms with van der Waals surface area (Å²) in [5.74, 6) is 0.101. The van der Waals surface area contributed by atoms with Crippen molar-refractivity contribution in [2.75, 3.05) is 51.6 Å². The zero-order valence-corrected chi connectivity index (χ0v) is 12.8. The molecule has 0 radical (unpaired) electrons. The van der Waals surface area contributed by atoms with Gasteiger partial charge in [0.25, 0.3) is 5.91 Å². The molecule has 1 fully saturated rings. The minimum absolute atomic E-state index is 0.0982. The van der Waals surface area contributed by atoms with E-state index in [0.717, 1.165) is 61.8 Å². The number of anilines is 1. The summed E-state index contributed by atoms with van der Waals surface area (Å²) >= 11 is 0. The van der Waals surface area contributed by atoms with Gasteiger partial charge in [0.15, 0.2) is 0 Å². The molecule has 1 atom stereocenters. The molecular formula is C16H21N5O. The van der Waals surface area contributed by atoms with Gasteiger partial charge in [0, 0.05) is 56.4 Å². The topological polar surface area (TPSA) is 60.0 Å². The van der Waals surface area contributed by atoms with Gasteiger partial charge in [-0.1, -0.05) is 6.07 Å². The molecule has 3 heterocycles. The lowest BCUT2D eigenvalue weighted by molar-refractivity contribution is 0.0955. The third-order valence-electron chi connectivity index (χ3n) is 4.88. The van der Waals surface area contributed by atoms with Crippen LogP contribution in [0, 0.1) is 0 Å². The van der Waals surface area contributed by atoms with Crippen molar-refractivity contribution < 1.29 is 4.79 Å². The van der Waals surface area contributed by atoms with Gasteiger partial charge in [0.2, 0.25) is 0 Å². The van der Waals surface area contributed by atoms with Crippen molar-refractivity contribution in [3.63, 3.8) is 0 Å². The van der Waals surface area contributed by atoms with Crippen LogP contribution in [0.4, 0.5) is 5.69 Å². The molecule has 22 heavy (non-hydrogen) atoms. The van der Waals surface area contributed by atoms with Crippen molar-refractivity contribution in [3.05, 3.63) is 29.3 Å². The van der Waals surface area contributed by atoms with E-state index < -0.39 is 0 Å². The number of amides is 1. The van der Waals surface area contributed by atoms with Gasteiger partial charge in [-0.25, -0.2) is 5.43 Å². The Balaban J connectivity index is 1.61. The average molecular weight is 299 g/mol. The molecular weight excluding hydrogens is 278 g/mol. The van der Waals surface area contributed by atoms with Crippen molar-refractivity contribution in [2.45, 2.75) is 5.92 Å². The fraction of sp³-hybridized carbons (Fsp3) is 0.500. The van der Waals surface area contributed by atoms with Crippen LogP contribution in [-0.2, 0) is 0 Å². The van der Waals surface area contributed by atoms with Crippen molar-refractivity contribution in [1.82, 2.24) is 15.2 Å². The van der Waals surface area contributed by atoms with Gasteiger partial charge in [-0.3, -0.25) is 9.69 Å². The maximum Gasteiger partial charge on any atom is 0.271 e. The Labute approximate surface area is 130 Å². The fourth-order valence-electron chi connectivity index (χ4n) is 3.53. The van der Waals surface area contributed by atoms with Crippen molar-refractivity contribution in [2.24, 2.45) is 5.10 Å². The summed E-state index contributed by atoms with van der Waals surface area (Å²) in [5.41, 5.74) is 6.73. The molecule has 0 saturated carbocycles. The number of nitrogens with zero attached hydrogens (tertiary/aromatic N) is 3. The molecule has 0 aromatic heterocycles. The minimum Gasteiger partial charge on any atom is -0.384 e. The first-order valence-corrected chi connectivity index (χ1v) is 7.87. The number of hydrogen-bond acceptors (Lipinski definition) is 5. The number of benzene rings is 1. The highest BCUT2D eigenvalue weighted by Gasteiger charge is 2.34. The molecule has 1 saturated heterocycles. The molecule has 0 spiro atoms. The predicted octanol–water partition coefficient (Wildman–Crippen LogP) is 0.542. The number of piperazine rings is 1. The second-order valence-electron chi connectivity index (χ2n) is 6.32. The fourth-order valence-corrected chi connectivity index (χ4v) is 3.53. The Morgan fingerprint density at radius 3 is 2.91 bits per heavy atom. The van der Waals surface area contributed by atoms with Gasteiger partial charge in [0.05, 0.1) is 5.71 Å². The normalized spacial score (nSPS) is 25.0.